The van der Waals surface area contributed by atoms with Crippen LogP contribution in [0.15, 0.2) is 42.5 Å². The van der Waals surface area contributed by atoms with Gasteiger partial charge in [-0.2, -0.15) is 0 Å². The minimum absolute atomic E-state index is 0. The molecule has 2 aromatic rings. The molecule has 0 heterocycles. The van der Waals surface area contributed by atoms with Crippen LogP contribution in [0.25, 0.3) is 10.8 Å². The monoisotopic (exact) mass is 329 g/mol. The summed E-state index contributed by atoms with van der Waals surface area (Å²) in [7, 11) is -3.33. The van der Waals surface area contributed by atoms with E-state index in [9.17, 15) is 4.57 Å². The first-order valence-corrected chi connectivity index (χ1v) is 8.35. The fraction of sp³-hybridized carbons (Fsp3) is 0.333. The predicted octanol–water partition coefficient (Wildman–Crippen LogP) is 4.49. The van der Waals surface area contributed by atoms with Crippen molar-refractivity contribution in [1.29, 1.82) is 0 Å². The number of halogens is 1. The highest BCUT2D eigenvalue weighted by atomic mass is 35.5. The summed E-state index contributed by atoms with van der Waals surface area (Å²) >= 11 is 0. The Morgan fingerprint density at radius 3 is 2.19 bits per heavy atom. The molecule has 0 saturated carbocycles. The lowest BCUT2D eigenvalue weighted by atomic mass is 10.1. The highest BCUT2D eigenvalue weighted by Crippen LogP contribution is 2.58. The van der Waals surface area contributed by atoms with E-state index in [4.69, 9.17) is 14.8 Å². The van der Waals surface area contributed by atoms with Gasteiger partial charge in [0.1, 0.15) is 5.78 Å². The van der Waals surface area contributed by atoms with Crippen molar-refractivity contribution in [1.82, 2.24) is 0 Å². The second-order valence-corrected chi connectivity index (χ2v) is 6.58. The molecule has 0 aliphatic heterocycles. The van der Waals surface area contributed by atoms with Crippen molar-refractivity contribution in [2.45, 2.75) is 19.6 Å². The maximum Gasteiger partial charge on any atom is 0.351 e. The third-order valence-corrected chi connectivity index (χ3v) is 5.29. The van der Waals surface area contributed by atoms with Crippen molar-refractivity contribution < 1.29 is 13.6 Å². The highest BCUT2D eigenvalue weighted by Gasteiger charge is 2.33. The van der Waals surface area contributed by atoms with Gasteiger partial charge in [-0.05, 0) is 36.2 Å². The van der Waals surface area contributed by atoms with Gasteiger partial charge >= 0.3 is 7.60 Å². The molecule has 0 bridgehead atoms. The zero-order valence-corrected chi connectivity index (χ0v) is 13.9. The Balaban J connectivity index is 0.00000220. The van der Waals surface area contributed by atoms with E-state index in [0.717, 1.165) is 16.3 Å². The summed E-state index contributed by atoms with van der Waals surface area (Å²) in [6.07, 6.45) is 0. The molecule has 0 radical (unpaired) electrons. The summed E-state index contributed by atoms with van der Waals surface area (Å²) < 4.78 is 23.3. The minimum Gasteiger partial charge on any atom is -0.314 e. The van der Waals surface area contributed by atoms with E-state index in [2.05, 4.69) is 0 Å². The van der Waals surface area contributed by atoms with Crippen LogP contribution in [0, 0.1) is 0 Å². The maximum atomic E-state index is 12.7. The van der Waals surface area contributed by atoms with Crippen molar-refractivity contribution in [3.63, 3.8) is 0 Å². The molecule has 1 atom stereocenters. The Morgan fingerprint density at radius 1 is 1.05 bits per heavy atom. The Labute approximate surface area is 131 Å². The predicted molar refractivity (Wildman–Crippen MR) is 89.0 cm³/mol. The lowest BCUT2D eigenvalue weighted by molar-refractivity contribution is 0.212. The normalized spacial score (nSPS) is 12.9. The van der Waals surface area contributed by atoms with Gasteiger partial charge in [0.15, 0.2) is 0 Å². The lowest BCUT2D eigenvalue weighted by Gasteiger charge is -2.23. The van der Waals surface area contributed by atoms with Gasteiger partial charge in [0.25, 0.3) is 0 Å². The van der Waals surface area contributed by atoms with Gasteiger partial charge in [0.2, 0.25) is 0 Å². The van der Waals surface area contributed by atoms with Gasteiger partial charge in [0, 0.05) is 0 Å². The molecule has 2 aromatic carbocycles. The van der Waals surface area contributed by atoms with Gasteiger partial charge in [-0.15, -0.1) is 12.4 Å². The zero-order chi connectivity index (χ0) is 14.6. The molecule has 0 aliphatic carbocycles. The minimum atomic E-state index is -3.33. The molecule has 0 aromatic heterocycles. The van der Waals surface area contributed by atoms with Crippen LogP contribution in [0.1, 0.15) is 25.2 Å². The van der Waals surface area contributed by atoms with Gasteiger partial charge in [-0.1, -0.05) is 36.4 Å². The van der Waals surface area contributed by atoms with E-state index < -0.39 is 13.4 Å². The van der Waals surface area contributed by atoms with Gasteiger partial charge in [0.05, 0.1) is 13.2 Å². The van der Waals surface area contributed by atoms with Crippen LogP contribution >= 0.6 is 20.0 Å². The summed E-state index contributed by atoms with van der Waals surface area (Å²) in [4.78, 5) is 0. The molecule has 2 rings (SSSR count). The van der Waals surface area contributed by atoms with E-state index in [-0.39, 0.29) is 12.4 Å². The van der Waals surface area contributed by atoms with Crippen molar-refractivity contribution in [2.24, 2.45) is 5.73 Å². The zero-order valence-electron chi connectivity index (χ0n) is 12.2. The third-order valence-electron chi connectivity index (χ3n) is 3.07. The Kier molecular flexibility index (Phi) is 6.85. The SMILES string of the molecule is CCOP(=O)(OCC)C(N)c1ccc2ccccc2c1.Cl. The molecule has 1 unspecified atom stereocenters. The van der Waals surface area contributed by atoms with Crippen molar-refractivity contribution in [3.8, 4) is 0 Å². The van der Waals surface area contributed by atoms with E-state index in [1.54, 1.807) is 13.8 Å². The van der Waals surface area contributed by atoms with Crippen LogP contribution in [0.2, 0.25) is 0 Å². The van der Waals surface area contributed by atoms with E-state index in [1.165, 1.54) is 0 Å². The third kappa shape index (κ3) is 4.06. The number of fused-ring (bicyclic) bond motifs is 1. The van der Waals surface area contributed by atoms with Crippen LogP contribution < -0.4 is 5.73 Å². The van der Waals surface area contributed by atoms with Crippen LogP contribution in [0.4, 0.5) is 0 Å². The molecule has 0 aliphatic rings. The first-order chi connectivity index (χ1) is 9.60. The van der Waals surface area contributed by atoms with Crippen LogP contribution in [-0.4, -0.2) is 13.2 Å². The summed E-state index contributed by atoms with van der Waals surface area (Å²) in [5.74, 6) is -0.771. The summed E-state index contributed by atoms with van der Waals surface area (Å²) in [5, 5.41) is 2.17. The number of benzene rings is 2. The summed E-state index contributed by atoms with van der Waals surface area (Å²) in [5.41, 5.74) is 6.88. The van der Waals surface area contributed by atoms with Crippen LogP contribution in [-0.2, 0) is 13.6 Å². The lowest BCUT2D eigenvalue weighted by Crippen LogP contribution is -2.15. The van der Waals surface area contributed by atoms with Crippen molar-refractivity contribution in [2.75, 3.05) is 13.2 Å². The Hall–Kier alpha value is -0.900. The smallest absolute Gasteiger partial charge is 0.314 e. The van der Waals surface area contributed by atoms with Crippen LogP contribution in [0.5, 0.6) is 0 Å². The number of nitrogens with two attached hydrogens (primary N) is 1. The topological polar surface area (TPSA) is 61.5 Å². The van der Waals surface area contributed by atoms with E-state index in [0.29, 0.717) is 13.2 Å². The largest absolute Gasteiger partial charge is 0.351 e. The molecule has 0 spiro atoms. The number of hydrogen-bond donors (Lipinski definition) is 1. The van der Waals surface area contributed by atoms with Crippen LogP contribution in [0.3, 0.4) is 0 Å². The first-order valence-electron chi connectivity index (χ1n) is 6.73. The molecular weight excluding hydrogens is 309 g/mol. The quantitative estimate of drug-likeness (QED) is 0.793. The maximum absolute atomic E-state index is 12.7. The molecule has 6 heteroatoms. The number of hydrogen-bond acceptors (Lipinski definition) is 4. The second-order valence-electron chi connectivity index (χ2n) is 4.43. The molecule has 2 N–H and O–H groups in total. The van der Waals surface area contributed by atoms with E-state index >= 15 is 0 Å². The summed E-state index contributed by atoms with van der Waals surface area (Å²) in [6, 6.07) is 13.7. The second kappa shape index (κ2) is 7.92. The average molecular weight is 330 g/mol. The summed E-state index contributed by atoms with van der Waals surface area (Å²) in [6.45, 7) is 4.16. The fourth-order valence-electron chi connectivity index (χ4n) is 2.13. The standard InChI is InChI=1S/C15H20NO3P.ClH/c1-3-18-20(17,19-4-2)15(16)14-10-9-12-7-5-6-8-13(12)11-14;/h5-11,15H,3-4,16H2,1-2H3;1H. The fourth-order valence-corrected chi connectivity index (χ4v) is 3.77. The van der Waals surface area contributed by atoms with Gasteiger partial charge in [-0.3, -0.25) is 4.57 Å². The molecule has 0 saturated heterocycles. The number of rotatable bonds is 6. The van der Waals surface area contributed by atoms with Crippen molar-refractivity contribution in [3.05, 3.63) is 48.0 Å². The Morgan fingerprint density at radius 2 is 1.62 bits per heavy atom. The molecule has 4 nitrogen and oxygen atoms in total. The molecule has 0 fully saturated rings. The van der Waals surface area contributed by atoms with Gasteiger partial charge < -0.3 is 14.8 Å². The first kappa shape index (κ1) is 18.1. The molecule has 0 amide bonds. The molecule has 21 heavy (non-hydrogen) atoms. The molecular formula is C15H21ClNO3P. The van der Waals surface area contributed by atoms with Crippen molar-refractivity contribution >= 4 is 30.8 Å². The Bertz CT molecular complexity index is 625. The average Bonchev–Trinajstić information content (AvgIpc) is 2.46. The highest BCUT2D eigenvalue weighted by molar-refractivity contribution is 7.54. The van der Waals surface area contributed by atoms with E-state index in [1.807, 2.05) is 42.5 Å². The molecule has 116 valence electrons. The van der Waals surface area contributed by atoms with Gasteiger partial charge in [-0.25, -0.2) is 0 Å².